The fraction of sp³-hybridized carbons (Fsp3) is 0.571. The summed E-state index contributed by atoms with van der Waals surface area (Å²) in [6.45, 7) is 0.878. The van der Waals surface area contributed by atoms with Crippen molar-refractivity contribution >= 4 is 0 Å². The van der Waals surface area contributed by atoms with Crippen LogP contribution in [0.3, 0.4) is 0 Å². The lowest BCUT2D eigenvalue weighted by Crippen LogP contribution is -2.52. The molecule has 19 heavy (non-hydrogen) atoms. The summed E-state index contributed by atoms with van der Waals surface area (Å²) in [5, 5.41) is 13.4. The van der Waals surface area contributed by atoms with Crippen LogP contribution in [0.15, 0.2) is 18.2 Å². The van der Waals surface area contributed by atoms with Crippen molar-refractivity contribution in [2.45, 2.75) is 43.9 Å². The Labute approximate surface area is 111 Å². The van der Waals surface area contributed by atoms with Crippen LogP contribution >= 0.6 is 0 Å². The molecule has 0 spiro atoms. The van der Waals surface area contributed by atoms with Crippen molar-refractivity contribution in [3.8, 4) is 0 Å². The predicted molar refractivity (Wildman–Crippen MR) is 69.7 cm³/mol. The van der Waals surface area contributed by atoms with Gasteiger partial charge in [0.25, 0.3) is 0 Å². The Morgan fingerprint density at radius 3 is 2.53 bits per heavy atom. The summed E-state index contributed by atoms with van der Waals surface area (Å²) in [7, 11) is 0. The van der Waals surface area contributed by atoms with E-state index in [0.717, 1.165) is 31.9 Å². The monoisotopic (exact) mass is 270 g/mol. The molecule has 3 atom stereocenters. The van der Waals surface area contributed by atoms with Gasteiger partial charge in [0.2, 0.25) is 0 Å². The van der Waals surface area contributed by atoms with Crippen LogP contribution in [-0.4, -0.2) is 29.8 Å². The molecular weight excluding hydrogens is 250 g/mol. The maximum Gasteiger partial charge on any atom is 0.126 e. The second kappa shape index (κ2) is 6.41. The number of aliphatic hydroxyl groups is 1. The first-order valence-corrected chi connectivity index (χ1v) is 6.68. The van der Waals surface area contributed by atoms with E-state index in [1.54, 1.807) is 0 Å². The summed E-state index contributed by atoms with van der Waals surface area (Å²) in [4.78, 5) is 0. The van der Waals surface area contributed by atoms with Crippen LogP contribution in [0.2, 0.25) is 0 Å². The van der Waals surface area contributed by atoms with Crippen molar-refractivity contribution in [1.29, 1.82) is 0 Å². The van der Waals surface area contributed by atoms with Gasteiger partial charge >= 0.3 is 0 Å². The molecule has 106 valence electrons. The molecule has 0 aromatic heterocycles. The van der Waals surface area contributed by atoms with Gasteiger partial charge in [-0.3, -0.25) is 0 Å². The fourth-order valence-corrected chi connectivity index (χ4v) is 2.59. The van der Waals surface area contributed by atoms with E-state index in [2.05, 4.69) is 5.32 Å². The second-order valence-corrected chi connectivity index (χ2v) is 5.19. The maximum atomic E-state index is 13.1. The minimum Gasteiger partial charge on any atom is -0.390 e. The van der Waals surface area contributed by atoms with Gasteiger partial charge in [0.1, 0.15) is 11.6 Å². The summed E-state index contributed by atoms with van der Waals surface area (Å²) in [5.41, 5.74) is 6.42. The third-order valence-corrected chi connectivity index (χ3v) is 3.59. The Hall–Kier alpha value is -1.04. The van der Waals surface area contributed by atoms with Gasteiger partial charge in [-0.15, -0.1) is 0 Å². The first-order valence-electron chi connectivity index (χ1n) is 6.68. The number of nitrogens with one attached hydrogen (secondary N) is 1. The number of rotatable bonds is 4. The Kier molecular flexibility index (Phi) is 4.85. The highest BCUT2D eigenvalue weighted by molar-refractivity contribution is 5.19. The van der Waals surface area contributed by atoms with Crippen molar-refractivity contribution in [3.05, 3.63) is 35.4 Å². The van der Waals surface area contributed by atoms with Gasteiger partial charge in [0, 0.05) is 18.2 Å². The van der Waals surface area contributed by atoms with Crippen molar-refractivity contribution in [3.63, 3.8) is 0 Å². The highest BCUT2D eigenvalue weighted by atomic mass is 19.1. The van der Waals surface area contributed by atoms with Gasteiger partial charge in [-0.25, -0.2) is 8.78 Å². The standard InChI is InChI=1S/C14H20F2N2O/c15-10-5-9(6-11(16)8-10)7-12(17)14(19)13-3-1-2-4-18-13/h5-6,8,12-14,18-19H,1-4,7,17H2/t12-,13+,14-/m0/s1. The molecular formula is C14H20F2N2O. The molecule has 0 unspecified atom stereocenters. The number of halogens is 2. The van der Waals surface area contributed by atoms with Crippen molar-refractivity contribution < 1.29 is 13.9 Å². The summed E-state index contributed by atoms with van der Waals surface area (Å²) in [5.74, 6) is -1.24. The molecule has 1 aliphatic rings. The number of hydrogen-bond donors (Lipinski definition) is 3. The molecule has 5 heteroatoms. The molecule has 1 fully saturated rings. The average Bonchev–Trinajstić information content (AvgIpc) is 2.37. The molecule has 3 nitrogen and oxygen atoms in total. The van der Waals surface area contributed by atoms with Crippen LogP contribution in [0.5, 0.6) is 0 Å². The number of piperidine rings is 1. The minimum absolute atomic E-state index is 0.0258. The van der Waals surface area contributed by atoms with Crippen LogP contribution in [0.1, 0.15) is 24.8 Å². The van der Waals surface area contributed by atoms with Gasteiger partial charge in [-0.1, -0.05) is 6.42 Å². The third-order valence-electron chi connectivity index (χ3n) is 3.59. The Morgan fingerprint density at radius 2 is 1.95 bits per heavy atom. The smallest absolute Gasteiger partial charge is 0.126 e. The first-order chi connectivity index (χ1) is 9.06. The molecule has 1 saturated heterocycles. The Balaban J connectivity index is 1.97. The largest absolute Gasteiger partial charge is 0.390 e. The molecule has 1 heterocycles. The van der Waals surface area contributed by atoms with Gasteiger partial charge in [0.15, 0.2) is 0 Å². The summed E-state index contributed by atoms with van der Waals surface area (Å²) >= 11 is 0. The normalized spacial score (nSPS) is 23.1. The SMILES string of the molecule is N[C@@H](Cc1cc(F)cc(F)c1)[C@H](O)[C@H]1CCCCN1. The van der Waals surface area contributed by atoms with Crippen molar-refractivity contribution in [2.75, 3.05) is 6.54 Å². The molecule has 0 aliphatic carbocycles. The van der Waals surface area contributed by atoms with Crippen molar-refractivity contribution in [1.82, 2.24) is 5.32 Å². The second-order valence-electron chi connectivity index (χ2n) is 5.19. The van der Waals surface area contributed by atoms with Gasteiger partial charge in [0.05, 0.1) is 6.10 Å². The van der Waals surface area contributed by atoms with Crippen LogP contribution in [0, 0.1) is 11.6 Å². The van der Waals surface area contributed by atoms with Crippen molar-refractivity contribution in [2.24, 2.45) is 5.73 Å². The van der Waals surface area contributed by atoms with Crippen LogP contribution in [0.25, 0.3) is 0 Å². The lowest BCUT2D eigenvalue weighted by molar-refractivity contribution is 0.0883. The van der Waals surface area contributed by atoms with E-state index in [1.807, 2.05) is 0 Å². The maximum absolute atomic E-state index is 13.1. The van der Waals surface area contributed by atoms with Gasteiger partial charge in [-0.2, -0.15) is 0 Å². The fourth-order valence-electron chi connectivity index (χ4n) is 2.59. The molecule has 1 aromatic rings. The van der Waals surface area contributed by atoms with E-state index in [4.69, 9.17) is 5.73 Å². The highest BCUT2D eigenvalue weighted by Crippen LogP contribution is 2.16. The molecule has 0 saturated carbocycles. The zero-order valence-electron chi connectivity index (χ0n) is 10.8. The van der Waals surface area contributed by atoms with E-state index < -0.39 is 23.8 Å². The van der Waals surface area contributed by atoms with Crippen LogP contribution in [-0.2, 0) is 6.42 Å². The minimum atomic E-state index is -0.702. The van der Waals surface area contributed by atoms with Gasteiger partial charge in [-0.05, 0) is 43.5 Å². The van der Waals surface area contributed by atoms with Crippen LogP contribution < -0.4 is 11.1 Å². The lowest BCUT2D eigenvalue weighted by Gasteiger charge is -2.31. The van der Waals surface area contributed by atoms with E-state index in [9.17, 15) is 13.9 Å². The Bertz CT molecular complexity index is 402. The zero-order valence-corrected chi connectivity index (χ0v) is 10.8. The van der Waals surface area contributed by atoms with E-state index in [0.29, 0.717) is 5.56 Å². The third kappa shape index (κ3) is 3.96. The number of nitrogens with two attached hydrogens (primary N) is 1. The quantitative estimate of drug-likeness (QED) is 0.774. The molecule has 0 amide bonds. The van der Waals surface area contributed by atoms with E-state index in [1.165, 1.54) is 12.1 Å². The molecule has 0 radical (unpaired) electrons. The zero-order chi connectivity index (χ0) is 13.8. The predicted octanol–water partition coefficient (Wildman–Crippen LogP) is 1.34. The molecule has 2 rings (SSSR count). The topological polar surface area (TPSA) is 58.3 Å². The molecule has 4 N–H and O–H groups in total. The Morgan fingerprint density at radius 1 is 1.26 bits per heavy atom. The highest BCUT2D eigenvalue weighted by Gasteiger charge is 2.26. The molecule has 1 aliphatic heterocycles. The van der Waals surface area contributed by atoms with Gasteiger partial charge < -0.3 is 16.2 Å². The van der Waals surface area contributed by atoms with E-state index in [-0.39, 0.29) is 12.5 Å². The first kappa shape index (κ1) is 14.4. The summed E-state index contributed by atoms with van der Waals surface area (Å²) in [6.07, 6.45) is 2.61. The summed E-state index contributed by atoms with van der Waals surface area (Å²) in [6, 6.07) is 2.78. The number of hydrogen-bond acceptors (Lipinski definition) is 3. The summed E-state index contributed by atoms with van der Waals surface area (Å²) < 4.78 is 26.2. The van der Waals surface area contributed by atoms with Crippen LogP contribution in [0.4, 0.5) is 8.78 Å². The lowest BCUT2D eigenvalue weighted by atomic mass is 9.92. The van der Waals surface area contributed by atoms with E-state index >= 15 is 0 Å². The average molecular weight is 270 g/mol. The number of aliphatic hydroxyl groups excluding tert-OH is 1. The molecule has 0 bridgehead atoms. The molecule has 1 aromatic carbocycles. The number of benzene rings is 1.